The van der Waals surface area contributed by atoms with Crippen molar-refractivity contribution in [1.29, 1.82) is 0 Å². The van der Waals surface area contributed by atoms with E-state index in [-0.39, 0.29) is 6.01 Å². The third kappa shape index (κ3) is 1.28. The average Bonchev–Trinajstić information content (AvgIpc) is 2.82. The maximum absolute atomic E-state index is 11.1. The Morgan fingerprint density at radius 3 is 2.94 bits per heavy atom. The first-order valence-electron chi connectivity index (χ1n) is 5.47. The summed E-state index contributed by atoms with van der Waals surface area (Å²) in [7, 11) is 0. The molecule has 0 saturated carbocycles. The summed E-state index contributed by atoms with van der Waals surface area (Å²) in [4.78, 5) is 14.8. The number of hydrogen-bond donors (Lipinski definition) is 3. The van der Waals surface area contributed by atoms with Crippen LogP contribution >= 0.6 is 0 Å². The summed E-state index contributed by atoms with van der Waals surface area (Å²) < 4.78 is 12.2. The van der Waals surface area contributed by atoms with Crippen molar-refractivity contribution in [1.82, 2.24) is 9.55 Å². The molecule has 2 aliphatic heterocycles. The number of nitrogens with zero attached hydrogens (tertiary/aromatic N) is 2. The minimum atomic E-state index is -1.34. The largest absolute Gasteiger partial charge is 0.453 e. The van der Waals surface area contributed by atoms with Crippen LogP contribution in [0.1, 0.15) is 0 Å². The first-order valence-corrected chi connectivity index (χ1v) is 5.47. The second kappa shape index (κ2) is 3.75. The second-order valence-corrected chi connectivity index (χ2v) is 4.29. The number of rotatable bonds is 2. The second-order valence-electron chi connectivity index (χ2n) is 4.29. The molecule has 1 fully saturated rings. The summed E-state index contributed by atoms with van der Waals surface area (Å²) in [6, 6.07) is 1.19. The standard InChI is InChI=1S/C10H12N2O6/c13-3-5-7(16)8-10(4-14,18-5)12-2-1-6(15)11-9(12)17-8/h1-2,5,7-8,13-14,16H,3-4H2/t5-,7?,8+,10-/m1/s1. The van der Waals surface area contributed by atoms with Gasteiger partial charge in [-0.15, -0.1) is 0 Å². The molecule has 8 nitrogen and oxygen atoms in total. The van der Waals surface area contributed by atoms with Gasteiger partial charge in [0.2, 0.25) is 5.72 Å². The third-order valence-corrected chi connectivity index (χ3v) is 3.32. The highest BCUT2D eigenvalue weighted by molar-refractivity contribution is 5.16. The fraction of sp³-hybridized carbons (Fsp3) is 0.600. The highest BCUT2D eigenvalue weighted by Gasteiger charge is 2.61. The van der Waals surface area contributed by atoms with Gasteiger partial charge in [-0.2, -0.15) is 4.98 Å². The molecule has 3 rings (SSSR count). The number of fused-ring (bicyclic) bond motifs is 3. The van der Waals surface area contributed by atoms with Crippen LogP contribution < -0.4 is 10.3 Å². The minimum Gasteiger partial charge on any atom is -0.453 e. The number of ether oxygens (including phenoxy) is 2. The van der Waals surface area contributed by atoms with Gasteiger partial charge in [0.1, 0.15) is 12.2 Å². The molecule has 1 saturated heterocycles. The van der Waals surface area contributed by atoms with Crippen LogP contribution in [0.5, 0.6) is 6.01 Å². The fourth-order valence-electron chi connectivity index (χ4n) is 2.44. The van der Waals surface area contributed by atoms with Crippen molar-refractivity contribution in [3.63, 3.8) is 0 Å². The number of aliphatic hydroxyl groups is 3. The molecule has 18 heavy (non-hydrogen) atoms. The molecule has 0 radical (unpaired) electrons. The molecule has 0 spiro atoms. The van der Waals surface area contributed by atoms with Crippen LogP contribution in [0.15, 0.2) is 17.1 Å². The van der Waals surface area contributed by atoms with Gasteiger partial charge in [-0.05, 0) is 0 Å². The van der Waals surface area contributed by atoms with Crippen LogP contribution in [0.3, 0.4) is 0 Å². The number of aromatic nitrogens is 2. The molecular formula is C10H12N2O6. The van der Waals surface area contributed by atoms with Gasteiger partial charge in [-0.25, -0.2) is 0 Å². The van der Waals surface area contributed by atoms with Crippen molar-refractivity contribution in [3.8, 4) is 6.01 Å². The molecule has 8 heteroatoms. The van der Waals surface area contributed by atoms with Gasteiger partial charge < -0.3 is 24.8 Å². The normalized spacial score (nSPS) is 37.2. The van der Waals surface area contributed by atoms with Crippen LogP contribution in [0, 0.1) is 0 Å². The van der Waals surface area contributed by atoms with E-state index in [4.69, 9.17) is 14.6 Å². The van der Waals surface area contributed by atoms with Crippen LogP contribution in [-0.4, -0.2) is 56.4 Å². The fourth-order valence-corrected chi connectivity index (χ4v) is 2.44. The summed E-state index contributed by atoms with van der Waals surface area (Å²) in [6.07, 6.45) is -1.49. The highest BCUT2D eigenvalue weighted by atomic mass is 16.6. The summed E-state index contributed by atoms with van der Waals surface area (Å²) in [5, 5.41) is 28.6. The molecule has 3 N–H and O–H groups in total. The lowest BCUT2D eigenvalue weighted by atomic mass is 10.0. The van der Waals surface area contributed by atoms with Crippen molar-refractivity contribution in [2.24, 2.45) is 0 Å². The zero-order chi connectivity index (χ0) is 12.9. The van der Waals surface area contributed by atoms with E-state index >= 15 is 0 Å². The van der Waals surface area contributed by atoms with Crippen LogP contribution in [0.25, 0.3) is 0 Å². The van der Waals surface area contributed by atoms with E-state index in [0.717, 1.165) is 0 Å². The van der Waals surface area contributed by atoms with E-state index in [0.29, 0.717) is 0 Å². The zero-order valence-electron chi connectivity index (χ0n) is 9.26. The van der Waals surface area contributed by atoms with E-state index in [1.807, 2.05) is 0 Å². The smallest absolute Gasteiger partial charge is 0.302 e. The van der Waals surface area contributed by atoms with Gasteiger partial charge in [0.15, 0.2) is 6.10 Å². The number of aliphatic hydroxyl groups excluding tert-OH is 3. The first-order chi connectivity index (χ1) is 8.62. The summed E-state index contributed by atoms with van der Waals surface area (Å²) in [5.41, 5.74) is -1.83. The molecule has 98 valence electrons. The predicted octanol–water partition coefficient (Wildman–Crippen LogP) is -2.60. The Morgan fingerprint density at radius 2 is 2.28 bits per heavy atom. The Kier molecular flexibility index (Phi) is 2.42. The first kappa shape index (κ1) is 11.6. The van der Waals surface area contributed by atoms with E-state index in [1.165, 1.54) is 16.8 Å². The number of hydrogen-bond acceptors (Lipinski definition) is 7. The van der Waals surface area contributed by atoms with Crippen molar-refractivity contribution in [3.05, 3.63) is 22.6 Å². The lowest BCUT2D eigenvalue weighted by Crippen LogP contribution is -2.45. The molecule has 1 aromatic rings. The lowest BCUT2D eigenvalue weighted by Gasteiger charge is -2.26. The van der Waals surface area contributed by atoms with Crippen molar-refractivity contribution >= 4 is 0 Å². The summed E-state index contributed by atoms with van der Waals surface area (Å²) in [6.45, 7) is -0.867. The minimum absolute atomic E-state index is 0.0167. The molecule has 1 aromatic heterocycles. The van der Waals surface area contributed by atoms with Crippen molar-refractivity contribution < 1.29 is 24.8 Å². The third-order valence-electron chi connectivity index (χ3n) is 3.32. The molecule has 0 bridgehead atoms. The molecule has 3 heterocycles. The topological polar surface area (TPSA) is 114 Å². The van der Waals surface area contributed by atoms with Crippen LogP contribution in [0.4, 0.5) is 0 Å². The molecule has 0 aliphatic carbocycles. The van der Waals surface area contributed by atoms with E-state index < -0.39 is 42.8 Å². The lowest BCUT2D eigenvalue weighted by molar-refractivity contribution is -0.145. The maximum atomic E-state index is 11.1. The van der Waals surface area contributed by atoms with Gasteiger partial charge in [-0.1, -0.05) is 0 Å². The molecule has 4 atom stereocenters. The monoisotopic (exact) mass is 256 g/mol. The Morgan fingerprint density at radius 1 is 1.50 bits per heavy atom. The maximum Gasteiger partial charge on any atom is 0.302 e. The van der Waals surface area contributed by atoms with Gasteiger partial charge in [0, 0.05) is 12.3 Å². The predicted molar refractivity (Wildman–Crippen MR) is 55.9 cm³/mol. The summed E-state index contributed by atoms with van der Waals surface area (Å²) in [5.74, 6) is 0. The highest BCUT2D eigenvalue weighted by Crippen LogP contribution is 2.43. The van der Waals surface area contributed by atoms with Crippen molar-refractivity contribution in [2.75, 3.05) is 13.2 Å². The quantitative estimate of drug-likeness (QED) is 0.531. The van der Waals surface area contributed by atoms with E-state index in [1.54, 1.807) is 0 Å². The average molecular weight is 256 g/mol. The van der Waals surface area contributed by atoms with E-state index in [2.05, 4.69) is 4.98 Å². The van der Waals surface area contributed by atoms with Gasteiger partial charge in [0.05, 0.1) is 13.2 Å². The Labute approximate surface area is 101 Å². The molecular weight excluding hydrogens is 244 g/mol. The van der Waals surface area contributed by atoms with Gasteiger partial charge in [-0.3, -0.25) is 9.36 Å². The molecule has 2 aliphatic rings. The zero-order valence-corrected chi connectivity index (χ0v) is 9.26. The SMILES string of the molecule is O=c1ccn2c(n1)O[C@H]1C(O)[C@@H](CO)O[C@]12CO. The Bertz CT molecular complexity index is 531. The van der Waals surface area contributed by atoms with E-state index in [9.17, 15) is 15.0 Å². The van der Waals surface area contributed by atoms with Crippen molar-refractivity contribution in [2.45, 2.75) is 24.0 Å². The van der Waals surface area contributed by atoms with Gasteiger partial charge in [0.25, 0.3) is 5.56 Å². The van der Waals surface area contributed by atoms with Gasteiger partial charge >= 0.3 is 6.01 Å². The Hall–Kier alpha value is -1.48. The molecule has 0 amide bonds. The molecule has 0 aromatic carbocycles. The Balaban J connectivity index is 2.11. The van der Waals surface area contributed by atoms with Crippen LogP contribution in [-0.2, 0) is 10.5 Å². The van der Waals surface area contributed by atoms with Crippen LogP contribution in [0.2, 0.25) is 0 Å². The summed E-state index contributed by atoms with van der Waals surface area (Å²) >= 11 is 0. The molecule has 1 unspecified atom stereocenters.